The van der Waals surface area contributed by atoms with Crippen molar-refractivity contribution in [2.45, 2.75) is 58.3 Å². The van der Waals surface area contributed by atoms with Crippen molar-refractivity contribution in [1.29, 1.82) is 0 Å². The lowest BCUT2D eigenvalue weighted by atomic mass is 9.79. The van der Waals surface area contributed by atoms with Crippen LogP contribution < -0.4 is 4.74 Å². The maximum atomic E-state index is 14.1. The molecule has 5 rings (SSSR count). The van der Waals surface area contributed by atoms with Crippen molar-refractivity contribution in [3.05, 3.63) is 131 Å². The Bertz CT molecular complexity index is 1580. The number of nitrogens with zero attached hydrogens (tertiary/aromatic N) is 2. The number of rotatable bonds is 13. The second kappa shape index (κ2) is 15.6. The minimum atomic E-state index is -1.04. The number of amides is 1. The van der Waals surface area contributed by atoms with Gasteiger partial charge in [0.05, 0.1) is 0 Å². The minimum Gasteiger partial charge on any atom is -0.508 e. The molecule has 1 heterocycles. The number of benzene rings is 4. The molecule has 0 spiro atoms. The van der Waals surface area contributed by atoms with E-state index in [1.54, 1.807) is 6.07 Å². The maximum absolute atomic E-state index is 14.1. The van der Waals surface area contributed by atoms with Crippen LogP contribution in [0.1, 0.15) is 55.0 Å². The number of aromatic hydroxyl groups is 1. The predicted octanol–water partition coefficient (Wildman–Crippen LogP) is 7.11. The summed E-state index contributed by atoms with van der Waals surface area (Å²) in [5.74, 6) is 0.464. The van der Waals surface area contributed by atoms with Gasteiger partial charge in [-0.25, -0.2) is 4.79 Å². The number of piperidine rings is 1. The highest BCUT2D eigenvalue weighted by molar-refractivity contribution is 5.84. The first kappa shape index (κ1) is 32.8. The van der Waals surface area contributed by atoms with E-state index in [1.165, 1.54) is 4.90 Å². The third-order valence-electron chi connectivity index (χ3n) is 9.24. The number of phenolic OH excluding ortho intramolecular Hbond substituents is 1. The number of carbonyl (C=O) groups is 2. The zero-order valence-electron chi connectivity index (χ0n) is 26.7. The Morgan fingerprint density at radius 3 is 2.24 bits per heavy atom. The molecule has 7 nitrogen and oxygen atoms in total. The number of carboxylic acid groups (broad SMARTS) is 1. The Balaban J connectivity index is 1.37. The molecule has 4 aromatic carbocycles. The number of hydrogen-bond acceptors (Lipinski definition) is 5. The molecule has 46 heavy (non-hydrogen) atoms. The van der Waals surface area contributed by atoms with Gasteiger partial charge in [0.15, 0.2) is 0 Å². The van der Waals surface area contributed by atoms with Crippen molar-refractivity contribution in [2.24, 2.45) is 11.8 Å². The molecule has 1 unspecified atom stereocenters. The Hall–Kier alpha value is -4.62. The van der Waals surface area contributed by atoms with E-state index in [0.29, 0.717) is 30.7 Å². The standard InChI is InChI=1S/C39H44N2O5/c1-28-19-21-40(38(29(28)2)33-16-10-17-34(42)25-33)22-20-37(43)41(36(39(44)45)24-30-11-5-3-6-12-30)26-32-15-9-18-35(23-32)46-27-31-13-7-4-8-14-31/h3-18,23,25,28-29,36,38,42H,19-22,24,26-27H2,1-2H3,(H,44,45)/t28-,29-,36+,38?/m1/s1. The van der Waals surface area contributed by atoms with Crippen LogP contribution in [0, 0.1) is 11.8 Å². The van der Waals surface area contributed by atoms with Crippen LogP contribution in [0.3, 0.4) is 0 Å². The zero-order chi connectivity index (χ0) is 32.5. The summed E-state index contributed by atoms with van der Waals surface area (Å²) in [5, 5.41) is 20.7. The van der Waals surface area contributed by atoms with Gasteiger partial charge in [-0.3, -0.25) is 9.69 Å². The highest BCUT2D eigenvalue weighted by atomic mass is 16.5. The van der Waals surface area contributed by atoms with Gasteiger partial charge < -0.3 is 19.8 Å². The topological polar surface area (TPSA) is 90.3 Å². The van der Waals surface area contributed by atoms with Crippen LogP contribution in [0.15, 0.2) is 109 Å². The van der Waals surface area contributed by atoms with Crippen LogP contribution in [-0.2, 0) is 29.2 Å². The Labute approximate surface area is 272 Å². The first-order valence-electron chi connectivity index (χ1n) is 16.1. The van der Waals surface area contributed by atoms with Crippen molar-refractivity contribution < 1.29 is 24.5 Å². The molecule has 1 aliphatic heterocycles. The molecule has 2 N–H and O–H groups in total. The first-order valence-corrected chi connectivity index (χ1v) is 16.1. The van der Waals surface area contributed by atoms with E-state index >= 15 is 0 Å². The van der Waals surface area contributed by atoms with E-state index in [1.807, 2.05) is 103 Å². The molecule has 1 saturated heterocycles. The summed E-state index contributed by atoms with van der Waals surface area (Å²) >= 11 is 0. The number of ether oxygens (including phenoxy) is 1. The van der Waals surface area contributed by atoms with Gasteiger partial charge in [-0.15, -0.1) is 0 Å². The number of carbonyl (C=O) groups excluding carboxylic acids is 1. The van der Waals surface area contributed by atoms with Crippen molar-refractivity contribution in [3.8, 4) is 11.5 Å². The molecule has 0 saturated carbocycles. The molecule has 4 atom stereocenters. The van der Waals surface area contributed by atoms with Crippen LogP contribution in [0.4, 0.5) is 0 Å². The normalized spacial score (nSPS) is 18.9. The van der Waals surface area contributed by atoms with Gasteiger partial charge in [-0.05, 0) is 71.3 Å². The summed E-state index contributed by atoms with van der Waals surface area (Å²) < 4.78 is 6.04. The molecule has 1 fully saturated rings. The van der Waals surface area contributed by atoms with E-state index < -0.39 is 12.0 Å². The number of aliphatic carboxylic acids is 1. The SMILES string of the molecule is C[C@@H]1CCN(CCC(=O)N(Cc2cccc(OCc3ccccc3)c2)[C@@H](Cc2ccccc2)C(=O)O)C(c2cccc(O)c2)[C@@H]1C. The van der Waals surface area contributed by atoms with Gasteiger partial charge in [-0.2, -0.15) is 0 Å². The molecule has 7 heteroatoms. The average molecular weight is 621 g/mol. The van der Waals surface area contributed by atoms with Gasteiger partial charge in [0.25, 0.3) is 0 Å². The van der Waals surface area contributed by atoms with Crippen LogP contribution in [-0.4, -0.2) is 51.0 Å². The summed E-state index contributed by atoms with van der Waals surface area (Å²) in [5.41, 5.74) is 3.74. The summed E-state index contributed by atoms with van der Waals surface area (Å²) in [7, 11) is 0. The lowest BCUT2D eigenvalue weighted by Crippen LogP contribution is -2.48. The zero-order valence-corrected chi connectivity index (χ0v) is 26.7. The molecule has 0 aliphatic carbocycles. The summed E-state index contributed by atoms with van der Waals surface area (Å²) in [6.45, 7) is 6.35. The molecular weight excluding hydrogens is 576 g/mol. The van der Waals surface area contributed by atoms with E-state index in [9.17, 15) is 19.8 Å². The largest absolute Gasteiger partial charge is 0.508 e. The van der Waals surface area contributed by atoms with Gasteiger partial charge in [0.1, 0.15) is 24.1 Å². The van der Waals surface area contributed by atoms with Crippen molar-refractivity contribution in [1.82, 2.24) is 9.80 Å². The Morgan fingerprint density at radius 2 is 1.54 bits per heavy atom. The van der Waals surface area contributed by atoms with Crippen LogP contribution in [0.5, 0.6) is 11.5 Å². The van der Waals surface area contributed by atoms with Crippen LogP contribution in [0.25, 0.3) is 0 Å². The van der Waals surface area contributed by atoms with E-state index in [4.69, 9.17) is 4.74 Å². The second-order valence-corrected chi connectivity index (χ2v) is 12.4. The highest BCUT2D eigenvalue weighted by Gasteiger charge is 2.36. The van der Waals surface area contributed by atoms with E-state index in [-0.39, 0.29) is 37.1 Å². The quantitative estimate of drug-likeness (QED) is 0.166. The maximum Gasteiger partial charge on any atom is 0.326 e. The number of phenols is 1. The third-order valence-corrected chi connectivity index (χ3v) is 9.24. The highest BCUT2D eigenvalue weighted by Crippen LogP contribution is 2.40. The number of hydrogen-bond donors (Lipinski definition) is 2. The number of likely N-dealkylation sites (tertiary alicyclic amines) is 1. The molecule has 0 bridgehead atoms. The van der Waals surface area contributed by atoms with E-state index in [0.717, 1.165) is 35.2 Å². The van der Waals surface area contributed by atoms with Gasteiger partial charge in [-0.1, -0.05) is 98.8 Å². The van der Waals surface area contributed by atoms with E-state index in [2.05, 4.69) is 18.7 Å². The summed E-state index contributed by atoms with van der Waals surface area (Å²) in [6.07, 6.45) is 1.39. The lowest BCUT2D eigenvalue weighted by molar-refractivity contribution is -0.151. The van der Waals surface area contributed by atoms with Crippen LogP contribution in [0.2, 0.25) is 0 Å². The molecule has 1 amide bonds. The van der Waals surface area contributed by atoms with Gasteiger partial charge in [0.2, 0.25) is 5.91 Å². The minimum absolute atomic E-state index is 0.0511. The fraction of sp³-hybridized carbons (Fsp3) is 0.333. The lowest BCUT2D eigenvalue weighted by Gasteiger charge is -2.44. The van der Waals surface area contributed by atoms with Crippen molar-refractivity contribution >= 4 is 11.9 Å². The molecule has 0 aromatic heterocycles. The van der Waals surface area contributed by atoms with Gasteiger partial charge >= 0.3 is 5.97 Å². The Morgan fingerprint density at radius 1 is 0.870 bits per heavy atom. The second-order valence-electron chi connectivity index (χ2n) is 12.4. The fourth-order valence-corrected chi connectivity index (χ4v) is 6.48. The smallest absolute Gasteiger partial charge is 0.326 e. The fourth-order valence-electron chi connectivity index (χ4n) is 6.48. The number of carboxylic acids is 1. The van der Waals surface area contributed by atoms with Crippen molar-refractivity contribution in [3.63, 3.8) is 0 Å². The average Bonchev–Trinajstić information content (AvgIpc) is 3.06. The monoisotopic (exact) mass is 620 g/mol. The molecule has 0 radical (unpaired) electrons. The van der Waals surface area contributed by atoms with Crippen LogP contribution >= 0.6 is 0 Å². The predicted molar refractivity (Wildman–Crippen MR) is 179 cm³/mol. The third kappa shape index (κ3) is 8.55. The van der Waals surface area contributed by atoms with Gasteiger partial charge in [0, 0.05) is 32.0 Å². The van der Waals surface area contributed by atoms with Crippen molar-refractivity contribution in [2.75, 3.05) is 13.1 Å². The molecular formula is C39H44N2O5. The molecule has 1 aliphatic rings. The summed E-state index contributed by atoms with van der Waals surface area (Å²) in [6, 6.07) is 33.3. The molecule has 240 valence electrons. The molecule has 4 aromatic rings. The Kier molecular flexibility index (Phi) is 11.1. The summed E-state index contributed by atoms with van der Waals surface area (Å²) in [4.78, 5) is 30.7. The first-order chi connectivity index (χ1) is 22.3.